The maximum atomic E-state index is 4.81. The molecular formula is C24H17N7. The number of H-pyrrole nitrogens is 2. The van der Waals surface area contributed by atoms with Gasteiger partial charge >= 0.3 is 0 Å². The number of hydrogen-bond donors (Lipinski definition) is 2. The van der Waals surface area contributed by atoms with Gasteiger partial charge in [0.25, 0.3) is 0 Å². The van der Waals surface area contributed by atoms with E-state index in [-0.39, 0.29) is 0 Å². The maximum Gasteiger partial charge on any atom is 0.135 e. The molecule has 7 nitrogen and oxygen atoms in total. The van der Waals surface area contributed by atoms with Crippen LogP contribution in [0.25, 0.3) is 56.0 Å². The lowest BCUT2D eigenvalue weighted by Crippen LogP contribution is -1.89. The van der Waals surface area contributed by atoms with Crippen molar-refractivity contribution in [2.75, 3.05) is 0 Å². The number of nitrogens with zero attached hydrogens (tertiary/aromatic N) is 5. The van der Waals surface area contributed by atoms with Crippen LogP contribution in [-0.4, -0.2) is 35.1 Å². The predicted octanol–water partition coefficient (Wildman–Crippen LogP) is 4.93. The molecule has 0 saturated heterocycles. The maximum absolute atomic E-state index is 4.81. The van der Waals surface area contributed by atoms with Crippen LogP contribution in [0.3, 0.4) is 0 Å². The van der Waals surface area contributed by atoms with Crippen LogP contribution >= 0.6 is 0 Å². The second-order valence-electron chi connectivity index (χ2n) is 7.43. The Morgan fingerprint density at radius 2 is 1.77 bits per heavy atom. The van der Waals surface area contributed by atoms with E-state index in [2.05, 4.69) is 67.4 Å². The molecule has 0 aliphatic heterocycles. The van der Waals surface area contributed by atoms with Gasteiger partial charge in [-0.1, -0.05) is 23.8 Å². The fourth-order valence-electron chi connectivity index (χ4n) is 3.86. The number of aryl methyl sites for hydroxylation is 1. The molecule has 0 saturated carbocycles. The van der Waals surface area contributed by atoms with Gasteiger partial charge in [-0.3, -0.25) is 20.1 Å². The Morgan fingerprint density at radius 1 is 0.806 bits per heavy atom. The average Bonchev–Trinajstić information content (AvgIpc) is 3.43. The Balaban J connectivity index is 1.52. The van der Waals surface area contributed by atoms with Gasteiger partial charge in [0.15, 0.2) is 0 Å². The summed E-state index contributed by atoms with van der Waals surface area (Å²) in [6, 6.07) is 16.3. The summed E-state index contributed by atoms with van der Waals surface area (Å²) in [5.41, 5.74) is 8.98. The minimum absolute atomic E-state index is 0.721. The number of hydrogen-bond acceptors (Lipinski definition) is 5. The summed E-state index contributed by atoms with van der Waals surface area (Å²) in [6.45, 7) is 2.09. The summed E-state index contributed by atoms with van der Waals surface area (Å²) in [4.78, 5) is 21.4. The fraction of sp³-hybridized carbons (Fsp3) is 0.0417. The number of fused-ring (bicyclic) bond motifs is 2. The van der Waals surface area contributed by atoms with Crippen molar-refractivity contribution in [3.05, 3.63) is 78.9 Å². The lowest BCUT2D eigenvalue weighted by atomic mass is 10.1. The minimum Gasteiger partial charge on any atom is -0.353 e. The molecule has 0 amide bonds. The summed E-state index contributed by atoms with van der Waals surface area (Å²) in [6.07, 6.45) is 6.84. The van der Waals surface area contributed by atoms with Crippen LogP contribution in [0.5, 0.6) is 0 Å². The largest absolute Gasteiger partial charge is 0.353 e. The van der Waals surface area contributed by atoms with Crippen LogP contribution in [0.4, 0.5) is 0 Å². The standard InChI is InChI=1S/C24H17N7/c1-14-3-2-4-15(11-14)22-16-12-20(28-17(16)7-8-27-22)24-23-19(30-31-24)6-5-18(29-23)21-13-25-9-10-26-21/h2-13,28H,1H3,(H,30,31). The Bertz CT molecular complexity index is 1550. The molecule has 0 atom stereocenters. The molecule has 148 valence electrons. The monoisotopic (exact) mass is 403 g/mol. The van der Waals surface area contributed by atoms with E-state index in [0.29, 0.717) is 0 Å². The third-order valence-electron chi connectivity index (χ3n) is 5.33. The molecule has 6 aromatic rings. The molecule has 0 bridgehead atoms. The third-order valence-corrected chi connectivity index (χ3v) is 5.33. The van der Waals surface area contributed by atoms with E-state index in [9.17, 15) is 0 Å². The zero-order chi connectivity index (χ0) is 20.8. The topological polar surface area (TPSA) is 96.0 Å². The van der Waals surface area contributed by atoms with E-state index in [1.54, 1.807) is 18.6 Å². The number of rotatable bonds is 3. The highest BCUT2D eigenvalue weighted by atomic mass is 15.1. The summed E-state index contributed by atoms with van der Waals surface area (Å²) in [5, 5.41) is 8.66. The van der Waals surface area contributed by atoms with E-state index in [1.165, 1.54) is 5.56 Å². The van der Waals surface area contributed by atoms with Crippen molar-refractivity contribution in [3.8, 4) is 34.0 Å². The lowest BCUT2D eigenvalue weighted by molar-refractivity contribution is 1.12. The highest BCUT2D eigenvalue weighted by Crippen LogP contribution is 2.33. The molecule has 0 aliphatic rings. The number of benzene rings is 1. The molecule has 1 aromatic carbocycles. The predicted molar refractivity (Wildman–Crippen MR) is 120 cm³/mol. The summed E-state index contributed by atoms with van der Waals surface area (Å²) in [5.74, 6) is 0. The van der Waals surface area contributed by atoms with Gasteiger partial charge in [-0.2, -0.15) is 5.10 Å². The lowest BCUT2D eigenvalue weighted by Gasteiger charge is -2.03. The van der Waals surface area contributed by atoms with Gasteiger partial charge in [0.05, 0.1) is 28.8 Å². The van der Waals surface area contributed by atoms with Crippen molar-refractivity contribution in [2.24, 2.45) is 0 Å². The minimum atomic E-state index is 0.721. The number of aromatic amines is 2. The van der Waals surface area contributed by atoms with Gasteiger partial charge in [-0.25, -0.2) is 4.98 Å². The molecule has 0 unspecified atom stereocenters. The smallest absolute Gasteiger partial charge is 0.135 e. The highest BCUT2D eigenvalue weighted by molar-refractivity contribution is 5.99. The van der Waals surface area contributed by atoms with E-state index in [0.717, 1.165) is 56.0 Å². The van der Waals surface area contributed by atoms with Gasteiger partial charge in [0, 0.05) is 35.1 Å². The normalized spacial score (nSPS) is 11.4. The number of aromatic nitrogens is 7. The first-order valence-electron chi connectivity index (χ1n) is 9.93. The van der Waals surface area contributed by atoms with E-state index < -0.39 is 0 Å². The van der Waals surface area contributed by atoms with Crippen LogP contribution in [0.1, 0.15) is 5.56 Å². The van der Waals surface area contributed by atoms with Crippen molar-refractivity contribution < 1.29 is 0 Å². The quantitative estimate of drug-likeness (QED) is 0.437. The van der Waals surface area contributed by atoms with Crippen LogP contribution < -0.4 is 0 Å². The molecular weight excluding hydrogens is 386 g/mol. The number of nitrogens with one attached hydrogen (secondary N) is 2. The molecule has 7 heteroatoms. The molecule has 5 heterocycles. The van der Waals surface area contributed by atoms with E-state index in [4.69, 9.17) is 4.98 Å². The molecule has 2 N–H and O–H groups in total. The molecule has 31 heavy (non-hydrogen) atoms. The van der Waals surface area contributed by atoms with Crippen molar-refractivity contribution in [1.29, 1.82) is 0 Å². The third kappa shape index (κ3) is 2.95. The van der Waals surface area contributed by atoms with Crippen LogP contribution in [-0.2, 0) is 0 Å². The van der Waals surface area contributed by atoms with Crippen LogP contribution in [0.15, 0.2) is 73.3 Å². The van der Waals surface area contributed by atoms with E-state index in [1.807, 2.05) is 24.4 Å². The molecule has 0 fully saturated rings. The molecule has 0 aliphatic carbocycles. The molecule has 6 rings (SSSR count). The van der Waals surface area contributed by atoms with Crippen LogP contribution in [0.2, 0.25) is 0 Å². The van der Waals surface area contributed by atoms with Gasteiger partial charge in [0.2, 0.25) is 0 Å². The SMILES string of the molecule is Cc1cccc(-c2nccc3[nH]c(-c4n[nH]c5ccc(-c6cnccn6)nc45)cc23)c1. The summed E-state index contributed by atoms with van der Waals surface area (Å²) in [7, 11) is 0. The van der Waals surface area contributed by atoms with Crippen LogP contribution in [0, 0.1) is 6.92 Å². The second kappa shape index (κ2) is 6.84. The summed E-state index contributed by atoms with van der Waals surface area (Å²) < 4.78 is 0. The van der Waals surface area contributed by atoms with E-state index >= 15 is 0 Å². The van der Waals surface area contributed by atoms with Crippen molar-refractivity contribution in [2.45, 2.75) is 6.92 Å². The first-order valence-corrected chi connectivity index (χ1v) is 9.93. The number of pyridine rings is 2. The first-order chi connectivity index (χ1) is 15.3. The molecule has 5 aromatic heterocycles. The highest BCUT2D eigenvalue weighted by Gasteiger charge is 2.16. The zero-order valence-corrected chi connectivity index (χ0v) is 16.7. The first kappa shape index (κ1) is 17.5. The Kier molecular flexibility index (Phi) is 3.86. The zero-order valence-electron chi connectivity index (χ0n) is 16.7. The van der Waals surface area contributed by atoms with Gasteiger partial charge in [0.1, 0.15) is 16.9 Å². The van der Waals surface area contributed by atoms with Gasteiger partial charge in [-0.05, 0) is 37.3 Å². The van der Waals surface area contributed by atoms with Gasteiger partial charge in [-0.15, -0.1) is 0 Å². The fourth-order valence-corrected chi connectivity index (χ4v) is 3.86. The van der Waals surface area contributed by atoms with Crippen molar-refractivity contribution in [3.63, 3.8) is 0 Å². The van der Waals surface area contributed by atoms with Crippen molar-refractivity contribution in [1.82, 2.24) is 35.1 Å². The second-order valence-corrected chi connectivity index (χ2v) is 7.43. The van der Waals surface area contributed by atoms with Gasteiger partial charge < -0.3 is 4.98 Å². The average molecular weight is 403 g/mol. The Morgan fingerprint density at radius 3 is 2.65 bits per heavy atom. The molecule has 0 radical (unpaired) electrons. The molecule has 0 spiro atoms. The Hall–Kier alpha value is -4.39. The summed E-state index contributed by atoms with van der Waals surface area (Å²) >= 11 is 0. The Labute approximate surface area is 177 Å². The van der Waals surface area contributed by atoms with Crippen molar-refractivity contribution >= 4 is 21.9 Å².